The quantitative estimate of drug-likeness (QED) is 0.625. The molecule has 0 saturated carbocycles. The molecule has 3 nitrogen and oxygen atoms in total. The first-order chi connectivity index (χ1) is 9.81. The van der Waals surface area contributed by atoms with Crippen LogP contribution in [-0.2, 0) is 17.6 Å². The van der Waals surface area contributed by atoms with Crippen molar-refractivity contribution in [2.75, 3.05) is 11.1 Å². The summed E-state index contributed by atoms with van der Waals surface area (Å²) in [4.78, 5) is 17.8. The summed E-state index contributed by atoms with van der Waals surface area (Å²) in [5, 5.41) is 4.59. The van der Waals surface area contributed by atoms with E-state index in [9.17, 15) is 4.79 Å². The zero-order chi connectivity index (χ0) is 13.8. The van der Waals surface area contributed by atoms with Crippen LogP contribution in [0.2, 0.25) is 0 Å². The first-order valence-corrected chi connectivity index (χ1v) is 10.6. The molecule has 110 valence electrons. The van der Waals surface area contributed by atoms with Crippen LogP contribution in [0, 0.1) is 0 Å². The van der Waals surface area contributed by atoms with Crippen LogP contribution in [0.1, 0.15) is 49.1 Å². The summed E-state index contributed by atoms with van der Waals surface area (Å²) in [7, 11) is 4.01. The maximum absolute atomic E-state index is 11.9. The van der Waals surface area contributed by atoms with Crippen molar-refractivity contribution in [3.8, 4) is 0 Å². The predicted octanol–water partition coefficient (Wildman–Crippen LogP) is 4.28. The Bertz CT molecular complexity index is 447. The number of hydrogen-bond donors (Lipinski definition) is 1. The van der Waals surface area contributed by atoms with E-state index >= 15 is 0 Å². The topological polar surface area (TPSA) is 42.0 Å². The number of anilines is 1. The first-order valence-electron chi connectivity index (χ1n) is 7.38. The molecule has 1 aliphatic carbocycles. The summed E-state index contributed by atoms with van der Waals surface area (Å²) in [5.41, 5.74) is 1.21. The smallest absolute Gasteiger partial charge is 0.226 e. The van der Waals surface area contributed by atoms with Crippen LogP contribution in [0.15, 0.2) is 0 Å². The highest BCUT2D eigenvalue weighted by molar-refractivity contribution is 8.77. The molecule has 1 fully saturated rings. The van der Waals surface area contributed by atoms with Crippen molar-refractivity contribution in [2.24, 2.45) is 0 Å². The van der Waals surface area contributed by atoms with Gasteiger partial charge in [-0.3, -0.25) is 4.79 Å². The van der Waals surface area contributed by atoms with Gasteiger partial charge in [0.1, 0.15) is 0 Å². The van der Waals surface area contributed by atoms with Crippen molar-refractivity contribution >= 4 is 44.0 Å². The third-order valence-electron chi connectivity index (χ3n) is 3.75. The average Bonchev–Trinajstić information content (AvgIpc) is 3.10. The third kappa shape index (κ3) is 3.92. The second-order valence-electron chi connectivity index (χ2n) is 5.37. The highest BCUT2D eigenvalue weighted by Crippen LogP contribution is 2.39. The Labute approximate surface area is 132 Å². The number of thiazole rings is 1. The summed E-state index contributed by atoms with van der Waals surface area (Å²) in [5.74, 6) is 1.43. The van der Waals surface area contributed by atoms with Crippen LogP contribution < -0.4 is 5.32 Å². The highest BCUT2D eigenvalue weighted by atomic mass is 33.1. The zero-order valence-electron chi connectivity index (χ0n) is 11.5. The molecule has 1 atom stereocenters. The van der Waals surface area contributed by atoms with Crippen molar-refractivity contribution in [2.45, 2.75) is 56.6 Å². The molecule has 1 aromatic heterocycles. The molecule has 1 saturated heterocycles. The van der Waals surface area contributed by atoms with Gasteiger partial charge in [0.2, 0.25) is 5.91 Å². The van der Waals surface area contributed by atoms with Crippen molar-refractivity contribution < 1.29 is 4.79 Å². The number of rotatable bonds is 6. The lowest BCUT2D eigenvalue weighted by Gasteiger charge is -2.06. The van der Waals surface area contributed by atoms with Gasteiger partial charge in [-0.15, -0.1) is 11.3 Å². The lowest BCUT2D eigenvalue weighted by atomic mass is 10.1. The fourth-order valence-corrected chi connectivity index (χ4v) is 6.74. The van der Waals surface area contributed by atoms with E-state index in [4.69, 9.17) is 0 Å². The van der Waals surface area contributed by atoms with Crippen molar-refractivity contribution in [1.82, 2.24) is 4.98 Å². The number of aromatic nitrogens is 1. The molecule has 0 unspecified atom stereocenters. The first kappa shape index (κ1) is 14.7. The van der Waals surface area contributed by atoms with Gasteiger partial charge < -0.3 is 5.32 Å². The van der Waals surface area contributed by atoms with E-state index in [0.29, 0.717) is 6.42 Å². The number of unbranched alkanes of at least 4 members (excludes halogenated alkanes) is 1. The Hall–Kier alpha value is -0.200. The summed E-state index contributed by atoms with van der Waals surface area (Å²) in [6.45, 7) is 0. The molecule has 20 heavy (non-hydrogen) atoms. The second kappa shape index (κ2) is 7.18. The van der Waals surface area contributed by atoms with Crippen molar-refractivity contribution in [3.05, 3.63) is 10.6 Å². The van der Waals surface area contributed by atoms with E-state index in [1.165, 1.54) is 42.0 Å². The number of fused-ring (bicyclic) bond motifs is 1. The summed E-state index contributed by atoms with van der Waals surface area (Å²) < 4.78 is 0. The Balaban J connectivity index is 1.34. The van der Waals surface area contributed by atoms with Gasteiger partial charge in [-0.1, -0.05) is 28.0 Å². The van der Waals surface area contributed by atoms with E-state index in [1.807, 2.05) is 21.6 Å². The van der Waals surface area contributed by atoms with Crippen LogP contribution in [-0.4, -0.2) is 21.9 Å². The lowest BCUT2D eigenvalue weighted by Crippen LogP contribution is -2.11. The number of nitrogens with one attached hydrogen (secondary N) is 1. The number of hydrogen-bond acceptors (Lipinski definition) is 5. The maximum Gasteiger partial charge on any atom is 0.226 e. The minimum absolute atomic E-state index is 0.130. The SMILES string of the molecule is O=C(CCCC[C@@H]1CCSS1)Nc1nc2c(s1)CCC2. The Morgan fingerprint density at radius 2 is 2.30 bits per heavy atom. The number of carbonyl (C=O) groups is 1. The van der Waals surface area contributed by atoms with Crippen LogP contribution >= 0.6 is 32.9 Å². The van der Waals surface area contributed by atoms with Crippen LogP contribution in [0.5, 0.6) is 0 Å². The van der Waals surface area contributed by atoms with Gasteiger partial charge in [0.25, 0.3) is 0 Å². The molecule has 3 rings (SSSR count). The van der Waals surface area contributed by atoms with Crippen LogP contribution in [0.3, 0.4) is 0 Å². The fraction of sp³-hybridized carbons (Fsp3) is 0.714. The van der Waals surface area contributed by atoms with E-state index in [-0.39, 0.29) is 5.91 Å². The summed E-state index contributed by atoms with van der Waals surface area (Å²) in [6.07, 6.45) is 8.84. The van der Waals surface area contributed by atoms with E-state index in [0.717, 1.165) is 29.6 Å². The molecule has 1 aromatic rings. The number of carbonyl (C=O) groups excluding carboxylic acids is 1. The molecule has 2 heterocycles. The van der Waals surface area contributed by atoms with Crippen molar-refractivity contribution in [1.29, 1.82) is 0 Å². The Kier molecular flexibility index (Phi) is 5.29. The van der Waals surface area contributed by atoms with Crippen LogP contribution in [0.25, 0.3) is 0 Å². The van der Waals surface area contributed by atoms with Gasteiger partial charge in [0, 0.05) is 22.3 Å². The molecule has 0 spiro atoms. The molecule has 0 aromatic carbocycles. The zero-order valence-corrected chi connectivity index (χ0v) is 14.0. The maximum atomic E-state index is 11.9. The fourth-order valence-electron chi connectivity index (χ4n) is 2.65. The van der Waals surface area contributed by atoms with Crippen molar-refractivity contribution in [3.63, 3.8) is 0 Å². The van der Waals surface area contributed by atoms with Gasteiger partial charge in [-0.2, -0.15) is 0 Å². The third-order valence-corrected chi connectivity index (χ3v) is 7.83. The molecule has 6 heteroatoms. The molecule has 2 aliphatic rings. The minimum atomic E-state index is 0.130. The van der Waals surface area contributed by atoms with Gasteiger partial charge in [0.05, 0.1) is 5.69 Å². The standard InChI is InChI=1S/C14H20N2OS3/c17-13(7-2-1-4-10-8-9-18-20-10)16-14-15-11-5-3-6-12(11)19-14/h10H,1-9H2,(H,15,16,17)/t10-/m1/s1. The number of nitrogens with zero attached hydrogens (tertiary/aromatic N) is 1. The van der Waals surface area contributed by atoms with Gasteiger partial charge >= 0.3 is 0 Å². The average molecular weight is 329 g/mol. The number of aryl methyl sites for hydroxylation is 2. The minimum Gasteiger partial charge on any atom is -0.302 e. The molecule has 0 radical (unpaired) electrons. The van der Waals surface area contributed by atoms with E-state index < -0.39 is 0 Å². The molecule has 1 amide bonds. The highest BCUT2D eigenvalue weighted by Gasteiger charge is 2.18. The second-order valence-corrected chi connectivity index (χ2v) is 9.24. The normalized spacial score (nSPS) is 21.1. The molecular weight excluding hydrogens is 308 g/mol. The molecular formula is C14H20N2OS3. The summed E-state index contributed by atoms with van der Waals surface area (Å²) >= 11 is 1.66. The predicted molar refractivity (Wildman–Crippen MR) is 89.7 cm³/mol. The molecule has 1 N–H and O–H groups in total. The van der Waals surface area contributed by atoms with Crippen LogP contribution in [0.4, 0.5) is 5.13 Å². The monoisotopic (exact) mass is 328 g/mol. The van der Waals surface area contributed by atoms with E-state index in [2.05, 4.69) is 10.3 Å². The molecule has 0 bridgehead atoms. The summed E-state index contributed by atoms with van der Waals surface area (Å²) in [6, 6.07) is 0. The van der Waals surface area contributed by atoms with Gasteiger partial charge in [-0.25, -0.2) is 4.98 Å². The Morgan fingerprint density at radius 3 is 3.10 bits per heavy atom. The van der Waals surface area contributed by atoms with Gasteiger partial charge in [-0.05, 0) is 38.5 Å². The number of amides is 1. The Morgan fingerprint density at radius 1 is 1.35 bits per heavy atom. The van der Waals surface area contributed by atoms with Gasteiger partial charge in [0.15, 0.2) is 5.13 Å². The van der Waals surface area contributed by atoms with E-state index in [1.54, 1.807) is 11.3 Å². The lowest BCUT2D eigenvalue weighted by molar-refractivity contribution is -0.116. The molecule has 1 aliphatic heterocycles. The largest absolute Gasteiger partial charge is 0.302 e.